The Balaban J connectivity index is 2.18. The number of carboxylic acid groups (broad SMARTS) is 1. The molecule has 0 spiro atoms. The van der Waals surface area contributed by atoms with E-state index in [1.54, 1.807) is 0 Å². The van der Waals surface area contributed by atoms with E-state index in [1.807, 2.05) is 0 Å². The van der Waals surface area contributed by atoms with Crippen LogP contribution >= 0.6 is 11.6 Å². The van der Waals surface area contributed by atoms with E-state index in [1.165, 1.54) is 0 Å². The van der Waals surface area contributed by atoms with E-state index in [0.29, 0.717) is 0 Å². The average molecular weight is 416 g/mol. The monoisotopic (exact) mass is 415 g/mol. The topological polar surface area (TPSA) is 110 Å². The highest BCUT2D eigenvalue weighted by Gasteiger charge is 2.40. The lowest BCUT2D eigenvalue weighted by Crippen LogP contribution is -2.30. The SMILES string of the molecule is O=C(O)C1CC(C(=O)S(=O)(=O)c2ccc(OCC(F)(F)F)cc2Cl)CN1. The minimum Gasteiger partial charge on any atom is -0.484 e. The van der Waals surface area contributed by atoms with Crippen LogP contribution in [0.4, 0.5) is 13.2 Å². The number of alkyl halides is 3. The summed E-state index contributed by atoms with van der Waals surface area (Å²) in [5.41, 5.74) is 0. The number of rotatable bonds is 5. The molecule has 1 aromatic carbocycles. The first-order valence-electron chi connectivity index (χ1n) is 7.16. The van der Waals surface area contributed by atoms with Crippen LogP contribution in [-0.2, 0) is 19.4 Å². The molecule has 1 aliphatic heterocycles. The van der Waals surface area contributed by atoms with E-state index < -0.39 is 55.6 Å². The molecule has 26 heavy (non-hydrogen) atoms. The fourth-order valence-corrected chi connectivity index (χ4v) is 4.26. The molecule has 1 aromatic rings. The molecule has 2 unspecified atom stereocenters. The van der Waals surface area contributed by atoms with Crippen LogP contribution in [0.3, 0.4) is 0 Å². The number of sulfone groups is 1. The minimum atomic E-state index is -4.58. The van der Waals surface area contributed by atoms with Crippen molar-refractivity contribution in [3.05, 3.63) is 23.2 Å². The van der Waals surface area contributed by atoms with Crippen LogP contribution in [0, 0.1) is 5.92 Å². The third-order valence-corrected chi connectivity index (χ3v) is 5.85. The Morgan fingerprint density at radius 1 is 1.35 bits per heavy atom. The first-order valence-corrected chi connectivity index (χ1v) is 9.02. The van der Waals surface area contributed by atoms with Gasteiger partial charge in [-0.05, 0) is 18.6 Å². The van der Waals surface area contributed by atoms with Gasteiger partial charge in [-0.3, -0.25) is 9.59 Å². The Morgan fingerprint density at radius 2 is 2.00 bits per heavy atom. The highest BCUT2D eigenvalue weighted by atomic mass is 35.5. The number of benzene rings is 1. The first-order chi connectivity index (χ1) is 11.9. The van der Waals surface area contributed by atoms with Crippen LogP contribution in [0.1, 0.15) is 6.42 Å². The zero-order valence-electron chi connectivity index (χ0n) is 12.9. The summed E-state index contributed by atoms with van der Waals surface area (Å²) in [5.74, 6) is -2.59. The quantitative estimate of drug-likeness (QED) is 0.752. The number of carbonyl (C=O) groups is 2. The van der Waals surface area contributed by atoms with E-state index in [0.717, 1.165) is 18.2 Å². The lowest BCUT2D eigenvalue weighted by atomic mass is 10.1. The van der Waals surface area contributed by atoms with Gasteiger partial charge in [0.25, 0.3) is 5.12 Å². The van der Waals surface area contributed by atoms with Crippen molar-refractivity contribution in [1.82, 2.24) is 5.32 Å². The fraction of sp³-hybridized carbons (Fsp3) is 0.429. The molecule has 0 radical (unpaired) electrons. The Bertz CT molecular complexity index is 826. The van der Waals surface area contributed by atoms with E-state index in [-0.39, 0.29) is 18.7 Å². The van der Waals surface area contributed by atoms with Crippen LogP contribution < -0.4 is 10.1 Å². The number of aliphatic carboxylic acids is 1. The molecule has 2 N–H and O–H groups in total. The largest absolute Gasteiger partial charge is 0.484 e. The van der Waals surface area contributed by atoms with Gasteiger partial charge >= 0.3 is 12.1 Å². The lowest BCUT2D eigenvalue weighted by Gasteiger charge is -2.12. The summed E-state index contributed by atoms with van der Waals surface area (Å²) in [7, 11) is -4.54. The third kappa shape index (κ3) is 4.65. The van der Waals surface area contributed by atoms with Gasteiger partial charge < -0.3 is 15.2 Å². The highest BCUT2D eigenvalue weighted by Crippen LogP contribution is 2.31. The van der Waals surface area contributed by atoms with Gasteiger partial charge in [0.2, 0.25) is 9.84 Å². The van der Waals surface area contributed by atoms with Gasteiger partial charge in [-0.25, -0.2) is 8.42 Å². The van der Waals surface area contributed by atoms with Crippen molar-refractivity contribution in [2.75, 3.05) is 13.2 Å². The van der Waals surface area contributed by atoms with Gasteiger partial charge in [-0.1, -0.05) is 11.6 Å². The number of hydrogen-bond donors (Lipinski definition) is 2. The molecular weight excluding hydrogens is 403 g/mol. The third-order valence-electron chi connectivity index (χ3n) is 3.62. The predicted molar refractivity (Wildman–Crippen MR) is 82.7 cm³/mol. The molecule has 1 aliphatic rings. The van der Waals surface area contributed by atoms with E-state index >= 15 is 0 Å². The molecule has 0 aliphatic carbocycles. The molecule has 1 fully saturated rings. The maximum Gasteiger partial charge on any atom is 0.422 e. The summed E-state index contributed by atoms with van der Waals surface area (Å²) in [6.45, 7) is -1.71. The Morgan fingerprint density at radius 3 is 2.50 bits per heavy atom. The van der Waals surface area contributed by atoms with Crippen LogP contribution in [0.25, 0.3) is 0 Å². The standard InChI is InChI=1S/C14H13ClF3NO6S/c15-9-4-8(25-6-14(16,17)18)1-2-11(9)26(23,24)13(22)7-3-10(12(20)21)19-5-7/h1-2,4,7,10,19H,3,5-6H2,(H,20,21). The van der Waals surface area contributed by atoms with E-state index in [2.05, 4.69) is 10.1 Å². The first kappa shape index (κ1) is 20.5. The second-order valence-corrected chi connectivity index (χ2v) is 7.81. The van der Waals surface area contributed by atoms with Gasteiger partial charge in [0.05, 0.1) is 9.92 Å². The zero-order valence-corrected chi connectivity index (χ0v) is 14.5. The molecule has 0 amide bonds. The van der Waals surface area contributed by atoms with Crippen molar-refractivity contribution < 1.29 is 41.0 Å². The van der Waals surface area contributed by atoms with E-state index in [4.69, 9.17) is 16.7 Å². The van der Waals surface area contributed by atoms with Crippen LogP contribution in [0.2, 0.25) is 5.02 Å². The number of ether oxygens (including phenoxy) is 1. The van der Waals surface area contributed by atoms with Crippen molar-refractivity contribution in [2.45, 2.75) is 23.5 Å². The fourth-order valence-electron chi connectivity index (χ4n) is 2.39. The van der Waals surface area contributed by atoms with Crippen LogP contribution in [0.15, 0.2) is 23.1 Å². The van der Waals surface area contributed by atoms with Gasteiger partial charge in [-0.2, -0.15) is 13.2 Å². The molecule has 144 valence electrons. The maximum atomic E-state index is 12.4. The molecule has 12 heteroatoms. The van der Waals surface area contributed by atoms with Gasteiger partial charge in [0.15, 0.2) is 6.61 Å². The van der Waals surface area contributed by atoms with Crippen molar-refractivity contribution in [3.63, 3.8) is 0 Å². The number of carboxylic acids is 1. The molecule has 2 rings (SSSR count). The molecule has 0 bridgehead atoms. The van der Waals surface area contributed by atoms with Crippen molar-refractivity contribution in [2.24, 2.45) is 5.92 Å². The number of nitrogens with one attached hydrogen (secondary N) is 1. The summed E-state index contributed by atoms with van der Waals surface area (Å²) in [5, 5.41) is 9.72. The van der Waals surface area contributed by atoms with E-state index in [9.17, 15) is 31.2 Å². The number of halogens is 4. The zero-order chi connectivity index (χ0) is 19.7. The Labute approximate surface area is 151 Å². The Kier molecular flexibility index (Phi) is 5.83. The molecular formula is C14H13ClF3NO6S. The smallest absolute Gasteiger partial charge is 0.422 e. The number of carbonyl (C=O) groups excluding carboxylic acids is 1. The summed E-state index contributed by atoms with van der Waals surface area (Å²) < 4.78 is 65.7. The van der Waals surface area contributed by atoms with Gasteiger partial charge in [-0.15, -0.1) is 0 Å². The van der Waals surface area contributed by atoms with Crippen LogP contribution in [-0.4, -0.2) is 50.0 Å². The molecule has 1 saturated heterocycles. The van der Waals surface area contributed by atoms with Crippen molar-refractivity contribution in [1.29, 1.82) is 0 Å². The summed E-state index contributed by atoms with van der Waals surface area (Å²) >= 11 is 5.79. The molecule has 0 aromatic heterocycles. The summed E-state index contributed by atoms with van der Waals surface area (Å²) in [6.07, 6.45) is -4.78. The highest BCUT2D eigenvalue weighted by molar-refractivity contribution is 8.06. The van der Waals surface area contributed by atoms with Gasteiger partial charge in [0, 0.05) is 18.5 Å². The second-order valence-electron chi connectivity index (χ2n) is 5.55. The average Bonchev–Trinajstić information content (AvgIpc) is 3.01. The molecule has 2 atom stereocenters. The normalized spacial score (nSPS) is 20.8. The lowest BCUT2D eigenvalue weighted by molar-refractivity contribution is -0.153. The van der Waals surface area contributed by atoms with Crippen molar-refractivity contribution in [3.8, 4) is 5.75 Å². The minimum absolute atomic E-state index is 0.126. The predicted octanol–water partition coefficient (Wildman–Crippen LogP) is 1.64. The summed E-state index contributed by atoms with van der Waals surface area (Å²) in [6, 6.07) is 1.65. The molecule has 0 saturated carbocycles. The maximum absolute atomic E-state index is 12.4. The Hall–Kier alpha value is -1.85. The van der Waals surface area contributed by atoms with Crippen molar-refractivity contribution >= 4 is 32.5 Å². The second kappa shape index (κ2) is 7.41. The molecule has 7 nitrogen and oxygen atoms in total. The number of hydrogen-bond acceptors (Lipinski definition) is 6. The van der Waals surface area contributed by atoms with Crippen LogP contribution in [0.5, 0.6) is 5.75 Å². The molecule has 1 heterocycles. The summed E-state index contributed by atoms with van der Waals surface area (Å²) in [4.78, 5) is 22.6. The van der Waals surface area contributed by atoms with Gasteiger partial charge in [0.1, 0.15) is 11.8 Å².